The minimum absolute atomic E-state index is 0.657. The minimum atomic E-state index is 0.657. The van der Waals surface area contributed by atoms with Crippen LogP contribution in [0.5, 0.6) is 0 Å². The van der Waals surface area contributed by atoms with E-state index in [0.717, 1.165) is 12.2 Å². The van der Waals surface area contributed by atoms with Crippen LogP contribution in [-0.2, 0) is 6.54 Å². The van der Waals surface area contributed by atoms with Crippen LogP contribution in [-0.4, -0.2) is 24.1 Å². The Morgan fingerprint density at radius 3 is 3.00 bits per heavy atom. The first-order valence-electron chi connectivity index (χ1n) is 6.64. The van der Waals surface area contributed by atoms with E-state index in [1.165, 1.54) is 24.9 Å². The molecule has 2 heterocycles. The lowest BCUT2D eigenvalue weighted by Crippen LogP contribution is -2.34. The molecule has 2 unspecified atom stereocenters. The van der Waals surface area contributed by atoms with E-state index in [2.05, 4.69) is 41.2 Å². The van der Waals surface area contributed by atoms with Gasteiger partial charge in [-0.15, -0.1) is 0 Å². The number of anilines is 1. The van der Waals surface area contributed by atoms with Crippen LogP contribution in [0.25, 0.3) is 0 Å². The second-order valence-corrected chi connectivity index (χ2v) is 4.93. The van der Waals surface area contributed by atoms with Gasteiger partial charge in [0.15, 0.2) is 0 Å². The van der Waals surface area contributed by atoms with Crippen molar-refractivity contribution >= 4 is 5.69 Å². The molecule has 1 fully saturated rings. The third-order valence-electron chi connectivity index (χ3n) is 3.71. The molecule has 1 aliphatic rings. The first-order valence-corrected chi connectivity index (χ1v) is 6.64. The standard InChI is InChI=1S/C14H23N3/c1-4-13-6-5-11(2)17(13)14-7-8-16-12(9-14)10-15-3/h7-9,11,13,15H,4-6,10H2,1-3H3. The molecular weight excluding hydrogens is 210 g/mol. The van der Waals surface area contributed by atoms with E-state index in [4.69, 9.17) is 0 Å². The lowest BCUT2D eigenvalue weighted by Gasteiger charge is -2.30. The number of nitrogens with zero attached hydrogens (tertiary/aromatic N) is 2. The van der Waals surface area contributed by atoms with Crippen molar-refractivity contribution in [3.8, 4) is 0 Å². The van der Waals surface area contributed by atoms with Gasteiger partial charge in [-0.25, -0.2) is 0 Å². The van der Waals surface area contributed by atoms with Crippen molar-refractivity contribution in [2.24, 2.45) is 0 Å². The Kier molecular flexibility index (Phi) is 4.00. The second kappa shape index (κ2) is 5.50. The zero-order valence-corrected chi connectivity index (χ0v) is 11.1. The third-order valence-corrected chi connectivity index (χ3v) is 3.71. The summed E-state index contributed by atoms with van der Waals surface area (Å²) in [6.07, 6.45) is 5.79. The predicted molar refractivity (Wildman–Crippen MR) is 72.3 cm³/mol. The van der Waals surface area contributed by atoms with Gasteiger partial charge in [-0.3, -0.25) is 4.98 Å². The van der Waals surface area contributed by atoms with Gasteiger partial charge in [-0.05, 0) is 45.4 Å². The average Bonchev–Trinajstić information content (AvgIpc) is 2.71. The van der Waals surface area contributed by atoms with Crippen molar-refractivity contribution in [2.45, 2.75) is 51.7 Å². The van der Waals surface area contributed by atoms with Crippen LogP contribution in [0.4, 0.5) is 5.69 Å². The fourth-order valence-corrected chi connectivity index (χ4v) is 2.84. The van der Waals surface area contributed by atoms with E-state index in [-0.39, 0.29) is 0 Å². The maximum Gasteiger partial charge on any atom is 0.0562 e. The van der Waals surface area contributed by atoms with Gasteiger partial charge in [0, 0.05) is 30.5 Å². The Morgan fingerprint density at radius 2 is 2.29 bits per heavy atom. The average molecular weight is 233 g/mol. The lowest BCUT2D eigenvalue weighted by molar-refractivity contribution is 0.627. The molecule has 1 aromatic heterocycles. The van der Waals surface area contributed by atoms with E-state index in [9.17, 15) is 0 Å². The SMILES string of the molecule is CCC1CCC(C)N1c1ccnc(CNC)c1. The summed E-state index contributed by atoms with van der Waals surface area (Å²) in [4.78, 5) is 6.96. The molecule has 1 saturated heterocycles. The quantitative estimate of drug-likeness (QED) is 0.866. The van der Waals surface area contributed by atoms with Crippen LogP contribution in [0.15, 0.2) is 18.3 Å². The van der Waals surface area contributed by atoms with Crippen molar-refractivity contribution < 1.29 is 0 Å². The molecule has 1 N–H and O–H groups in total. The highest BCUT2D eigenvalue weighted by atomic mass is 15.2. The fourth-order valence-electron chi connectivity index (χ4n) is 2.84. The first-order chi connectivity index (χ1) is 8.26. The Morgan fingerprint density at radius 1 is 1.47 bits per heavy atom. The monoisotopic (exact) mass is 233 g/mol. The summed E-state index contributed by atoms with van der Waals surface area (Å²) in [6.45, 7) is 5.45. The van der Waals surface area contributed by atoms with Crippen molar-refractivity contribution in [1.82, 2.24) is 10.3 Å². The summed E-state index contributed by atoms with van der Waals surface area (Å²) in [5.74, 6) is 0. The molecule has 2 rings (SSSR count). The number of hydrogen-bond donors (Lipinski definition) is 1. The van der Waals surface area contributed by atoms with Crippen LogP contribution < -0.4 is 10.2 Å². The van der Waals surface area contributed by atoms with Crippen LogP contribution in [0.1, 0.15) is 38.8 Å². The number of hydrogen-bond acceptors (Lipinski definition) is 3. The normalized spacial score (nSPS) is 24.3. The highest BCUT2D eigenvalue weighted by molar-refractivity contribution is 5.49. The largest absolute Gasteiger partial charge is 0.366 e. The molecule has 1 aliphatic heterocycles. The molecule has 0 bridgehead atoms. The van der Waals surface area contributed by atoms with Crippen LogP contribution in [0.3, 0.4) is 0 Å². The number of rotatable bonds is 4. The zero-order chi connectivity index (χ0) is 12.3. The molecule has 0 aromatic carbocycles. The Bertz CT molecular complexity index is 364. The van der Waals surface area contributed by atoms with Crippen LogP contribution >= 0.6 is 0 Å². The van der Waals surface area contributed by atoms with Gasteiger partial charge in [0.05, 0.1) is 5.69 Å². The summed E-state index contributed by atoms with van der Waals surface area (Å²) in [7, 11) is 1.96. The Balaban J connectivity index is 2.22. The molecule has 3 heteroatoms. The maximum absolute atomic E-state index is 4.39. The van der Waals surface area contributed by atoms with Crippen molar-refractivity contribution in [1.29, 1.82) is 0 Å². The van der Waals surface area contributed by atoms with E-state index in [1.807, 2.05) is 13.2 Å². The number of aromatic nitrogens is 1. The molecule has 94 valence electrons. The van der Waals surface area contributed by atoms with Crippen molar-refractivity contribution in [3.63, 3.8) is 0 Å². The van der Waals surface area contributed by atoms with Crippen LogP contribution in [0.2, 0.25) is 0 Å². The second-order valence-electron chi connectivity index (χ2n) is 4.93. The maximum atomic E-state index is 4.39. The molecule has 17 heavy (non-hydrogen) atoms. The molecule has 0 spiro atoms. The molecule has 0 saturated carbocycles. The fraction of sp³-hybridized carbons (Fsp3) is 0.643. The van der Waals surface area contributed by atoms with Gasteiger partial charge in [0.25, 0.3) is 0 Å². The molecular formula is C14H23N3. The first kappa shape index (κ1) is 12.4. The van der Waals surface area contributed by atoms with Crippen LogP contribution in [0, 0.1) is 0 Å². The summed E-state index contributed by atoms with van der Waals surface area (Å²) in [5.41, 5.74) is 2.46. The summed E-state index contributed by atoms with van der Waals surface area (Å²) >= 11 is 0. The topological polar surface area (TPSA) is 28.2 Å². The number of nitrogens with one attached hydrogen (secondary N) is 1. The Hall–Kier alpha value is -1.09. The minimum Gasteiger partial charge on any atom is -0.366 e. The molecule has 0 aliphatic carbocycles. The van der Waals surface area contributed by atoms with Gasteiger partial charge >= 0.3 is 0 Å². The van der Waals surface area contributed by atoms with Gasteiger partial charge in [-0.1, -0.05) is 6.92 Å². The van der Waals surface area contributed by atoms with Crippen molar-refractivity contribution in [3.05, 3.63) is 24.0 Å². The predicted octanol–water partition coefficient (Wildman–Crippen LogP) is 2.57. The highest BCUT2D eigenvalue weighted by Crippen LogP contribution is 2.31. The molecule has 0 amide bonds. The molecule has 2 atom stereocenters. The van der Waals surface area contributed by atoms with Gasteiger partial charge in [0.2, 0.25) is 0 Å². The third kappa shape index (κ3) is 2.60. The van der Waals surface area contributed by atoms with Crippen molar-refractivity contribution in [2.75, 3.05) is 11.9 Å². The summed E-state index contributed by atoms with van der Waals surface area (Å²) < 4.78 is 0. The zero-order valence-electron chi connectivity index (χ0n) is 11.1. The van der Waals surface area contributed by atoms with E-state index >= 15 is 0 Å². The molecule has 1 aromatic rings. The van der Waals surface area contributed by atoms with E-state index < -0.39 is 0 Å². The summed E-state index contributed by atoms with van der Waals surface area (Å²) in [5, 5.41) is 3.16. The van der Waals surface area contributed by atoms with Gasteiger partial charge in [0.1, 0.15) is 0 Å². The Labute approximate surface area is 104 Å². The number of pyridine rings is 1. The van der Waals surface area contributed by atoms with Gasteiger partial charge in [-0.2, -0.15) is 0 Å². The highest BCUT2D eigenvalue weighted by Gasteiger charge is 2.29. The summed E-state index contributed by atoms with van der Waals surface area (Å²) in [6, 6.07) is 5.73. The molecule has 3 nitrogen and oxygen atoms in total. The molecule has 0 radical (unpaired) electrons. The van der Waals surface area contributed by atoms with E-state index in [1.54, 1.807) is 0 Å². The smallest absolute Gasteiger partial charge is 0.0562 e. The van der Waals surface area contributed by atoms with Gasteiger partial charge < -0.3 is 10.2 Å². The lowest BCUT2D eigenvalue weighted by atomic mass is 10.1. The van der Waals surface area contributed by atoms with E-state index in [0.29, 0.717) is 12.1 Å².